The molecular formula is C25H53N5. The second-order valence-corrected chi connectivity index (χ2v) is 9.41. The summed E-state index contributed by atoms with van der Waals surface area (Å²) in [5.41, 5.74) is 0.258. The lowest BCUT2D eigenvalue weighted by atomic mass is 10.0. The fourth-order valence-electron chi connectivity index (χ4n) is 3.33. The van der Waals surface area contributed by atoms with Gasteiger partial charge in [-0.05, 0) is 46.1 Å². The van der Waals surface area contributed by atoms with Gasteiger partial charge in [-0.3, -0.25) is 5.41 Å². The molecule has 3 N–H and O–H groups in total. The van der Waals surface area contributed by atoms with Crippen LogP contribution in [0, 0.1) is 5.41 Å². The second kappa shape index (κ2) is 19.7. The lowest BCUT2D eigenvalue weighted by Crippen LogP contribution is -2.39. The first-order valence-electron chi connectivity index (χ1n) is 12.5. The van der Waals surface area contributed by atoms with E-state index in [2.05, 4.69) is 67.7 Å². The molecule has 5 nitrogen and oxygen atoms in total. The van der Waals surface area contributed by atoms with Crippen LogP contribution in [0.3, 0.4) is 0 Å². The van der Waals surface area contributed by atoms with Gasteiger partial charge >= 0.3 is 0 Å². The third-order valence-electron chi connectivity index (χ3n) is 5.93. The number of nitrogens with one attached hydrogen (secondary N) is 3. The summed E-state index contributed by atoms with van der Waals surface area (Å²) in [6, 6.07) is 0. The summed E-state index contributed by atoms with van der Waals surface area (Å²) in [6.07, 6.45) is 21.5. The zero-order valence-electron chi connectivity index (χ0n) is 20.9. The first-order chi connectivity index (χ1) is 14.4. The molecule has 0 radical (unpaired) electrons. The van der Waals surface area contributed by atoms with E-state index in [1.54, 1.807) is 0 Å². The summed E-state index contributed by atoms with van der Waals surface area (Å²) in [5, 5.41) is 13.5. The maximum absolute atomic E-state index is 6.91. The highest BCUT2D eigenvalue weighted by Gasteiger charge is 2.12. The van der Waals surface area contributed by atoms with Crippen molar-refractivity contribution in [2.75, 3.05) is 40.3 Å². The minimum atomic E-state index is 0.258. The molecule has 0 unspecified atom stereocenters. The van der Waals surface area contributed by atoms with Crippen LogP contribution in [0.15, 0.2) is 12.4 Å². The molecule has 0 fully saturated rings. The Morgan fingerprint density at radius 2 is 1.17 bits per heavy atom. The van der Waals surface area contributed by atoms with Crippen molar-refractivity contribution < 1.29 is 0 Å². The van der Waals surface area contributed by atoms with E-state index in [1.165, 1.54) is 83.4 Å². The predicted octanol–water partition coefficient (Wildman–Crippen LogP) is 5.59. The number of hydrogen-bond acceptors (Lipinski definition) is 4. The maximum Gasteiger partial charge on any atom is 0.0791 e. The normalized spacial score (nSPS) is 11.8. The number of hydrogen-bond donors (Lipinski definition) is 3. The van der Waals surface area contributed by atoms with Crippen LogP contribution in [0.25, 0.3) is 0 Å². The molecule has 5 heteroatoms. The maximum atomic E-state index is 6.91. The lowest BCUT2D eigenvalue weighted by Gasteiger charge is -2.25. The predicted molar refractivity (Wildman–Crippen MR) is 134 cm³/mol. The molecule has 0 aliphatic carbocycles. The van der Waals surface area contributed by atoms with E-state index in [-0.39, 0.29) is 5.54 Å². The van der Waals surface area contributed by atoms with Gasteiger partial charge < -0.3 is 20.4 Å². The van der Waals surface area contributed by atoms with Crippen molar-refractivity contribution in [3.8, 4) is 0 Å². The van der Waals surface area contributed by atoms with Gasteiger partial charge in [0.2, 0.25) is 0 Å². The van der Waals surface area contributed by atoms with Crippen LogP contribution in [0.1, 0.15) is 97.8 Å². The zero-order chi connectivity index (χ0) is 22.5. The summed E-state index contributed by atoms with van der Waals surface area (Å²) in [7, 11) is 4.36. The molecule has 0 aliphatic rings. The van der Waals surface area contributed by atoms with Gasteiger partial charge in [-0.15, -0.1) is 0 Å². The first-order valence-corrected chi connectivity index (χ1v) is 12.5. The smallest absolute Gasteiger partial charge is 0.0791 e. The summed E-state index contributed by atoms with van der Waals surface area (Å²) in [6.45, 7) is 11.1. The van der Waals surface area contributed by atoms with Crippen LogP contribution in [0.4, 0.5) is 0 Å². The largest absolute Gasteiger partial charge is 0.379 e. The zero-order valence-corrected chi connectivity index (χ0v) is 20.9. The van der Waals surface area contributed by atoms with Gasteiger partial charge in [0.05, 0.1) is 6.34 Å². The van der Waals surface area contributed by atoms with Crippen molar-refractivity contribution in [1.29, 1.82) is 5.41 Å². The van der Waals surface area contributed by atoms with Crippen LogP contribution in [-0.2, 0) is 0 Å². The Morgan fingerprint density at radius 1 is 0.700 bits per heavy atom. The number of unbranched alkanes of at least 4 members (excludes halogenated alkanes) is 9. The third kappa shape index (κ3) is 20.1. The Kier molecular flexibility index (Phi) is 18.9. The highest BCUT2D eigenvalue weighted by Crippen LogP contribution is 2.11. The molecule has 0 spiro atoms. The minimum absolute atomic E-state index is 0.258. The molecule has 0 aromatic rings. The summed E-state index contributed by atoms with van der Waals surface area (Å²) in [4.78, 5) is 4.61. The van der Waals surface area contributed by atoms with Crippen molar-refractivity contribution in [2.24, 2.45) is 0 Å². The van der Waals surface area contributed by atoms with Crippen LogP contribution in [-0.4, -0.2) is 62.0 Å². The van der Waals surface area contributed by atoms with Crippen LogP contribution >= 0.6 is 0 Å². The average Bonchev–Trinajstić information content (AvgIpc) is 2.73. The number of rotatable bonds is 22. The van der Waals surface area contributed by atoms with Gasteiger partial charge in [0.1, 0.15) is 0 Å². The molecule has 0 bridgehead atoms. The first kappa shape index (κ1) is 28.8. The van der Waals surface area contributed by atoms with E-state index in [0.717, 1.165) is 26.2 Å². The van der Waals surface area contributed by atoms with Gasteiger partial charge in [-0.25, -0.2) is 0 Å². The Hall–Kier alpha value is -1.23. The molecule has 0 atom stereocenters. The van der Waals surface area contributed by atoms with Gasteiger partial charge in [0.15, 0.2) is 0 Å². The van der Waals surface area contributed by atoms with Gasteiger partial charge in [-0.2, -0.15) is 0 Å². The minimum Gasteiger partial charge on any atom is -0.379 e. The highest BCUT2D eigenvalue weighted by molar-refractivity contribution is 5.49. The molecule has 30 heavy (non-hydrogen) atoms. The second-order valence-electron chi connectivity index (χ2n) is 9.41. The topological polar surface area (TPSA) is 54.4 Å². The lowest BCUT2D eigenvalue weighted by molar-refractivity contribution is 0.352. The number of nitrogens with zero attached hydrogens (tertiary/aromatic N) is 2. The summed E-state index contributed by atoms with van der Waals surface area (Å²) in [5.74, 6) is 0. The average molecular weight is 424 g/mol. The highest BCUT2D eigenvalue weighted by atomic mass is 15.1. The van der Waals surface area contributed by atoms with E-state index in [9.17, 15) is 0 Å². The molecule has 0 aliphatic heterocycles. The standard InChI is InChI=1S/C25H53N5/c1-6-25(2,3)28-19-17-21-30(5)23-22-29(4)20-16-14-12-10-8-7-9-11-13-15-18-27-24-26/h22-24,28H,6-21H2,1-5H3,(H2,26,27)/b23-22-. The van der Waals surface area contributed by atoms with E-state index in [0.29, 0.717) is 0 Å². The fraction of sp³-hybridized carbons (Fsp3) is 0.880. The quantitative estimate of drug-likeness (QED) is 0.121. The van der Waals surface area contributed by atoms with Crippen molar-refractivity contribution >= 4 is 6.34 Å². The van der Waals surface area contributed by atoms with Gasteiger partial charge in [-0.1, -0.05) is 58.3 Å². The summed E-state index contributed by atoms with van der Waals surface area (Å²) >= 11 is 0. The molecule has 0 heterocycles. The van der Waals surface area contributed by atoms with E-state index >= 15 is 0 Å². The van der Waals surface area contributed by atoms with Crippen molar-refractivity contribution in [3.05, 3.63) is 12.4 Å². The molecule has 0 amide bonds. The van der Waals surface area contributed by atoms with Gasteiger partial charge in [0, 0.05) is 51.7 Å². The Morgan fingerprint density at radius 3 is 1.67 bits per heavy atom. The van der Waals surface area contributed by atoms with Crippen molar-refractivity contribution in [2.45, 2.75) is 103 Å². The van der Waals surface area contributed by atoms with Crippen molar-refractivity contribution in [3.63, 3.8) is 0 Å². The monoisotopic (exact) mass is 423 g/mol. The van der Waals surface area contributed by atoms with Crippen LogP contribution in [0.5, 0.6) is 0 Å². The Balaban J connectivity index is 3.47. The Labute approximate surface area is 188 Å². The Bertz CT molecular complexity index is 408. The molecular weight excluding hydrogens is 370 g/mol. The molecule has 178 valence electrons. The molecule has 0 rings (SSSR count). The molecule has 0 aromatic heterocycles. The van der Waals surface area contributed by atoms with Crippen LogP contribution in [0.2, 0.25) is 0 Å². The van der Waals surface area contributed by atoms with Gasteiger partial charge in [0.25, 0.3) is 0 Å². The van der Waals surface area contributed by atoms with E-state index in [1.807, 2.05) is 0 Å². The van der Waals surface area contributed by atoms with Crippen molar-refractivity contribution in [1.82, 2.24) is 20.4 Å². The van der Waals surface area contributed by atoms with E-state index in [4.69, 9.17) is 5.41 Å². The third-order valence-corrected chi connectivity index (χ3v) is 5.93. The SMILES string of the molecule is CCC(C)(C)NCCCN(C)/C=C\N(C)CCCCCCCCCCCCNC=N. The van der Waals surface area contributed by atoms with E-state index < -0.39 is 0 Å². The molecule has 0 aromatic carbocycles. The molecule has 0 saturated carbocycles. The fourth-order valence-corrected chi connectivity index (χ4v) is 3.33. The summed E-state index contributed by atoms with van der Waals surface area (Å²) < 4.78 is 0. The van der Waals surface area contributed by atoms with Crippen LogP contribution < -0.4 is 10.6 Å². The molecule has 0 saturated heterocycles.